The summed E-state index contributed by atoms with van der Waals surface area (Å²) in [5, 5.41) is 19.8. The van der Waals surface area contributed by atoms with Crippen LogP contribution in [0.3, 0.4) is 0 Å². The molecular weight excluding hydrogens is 262 g/mol. The van der Waals surface area contributed by atoms with Crippen molar-refractivity contribution in [3.63, 3.8) is 0 Å². The van der Waals surface area contributed by atoms with Gasteiger partial charge in [-0.2, -0.15) is 16.9 Å². The van der Waals surface area contributed by atoms with E-state index in [-0.39, 0.29) is 18.4 Å². The summed E-state index contributed by atoms with van der Waals surface area (Å²) in [5.74, 6) is 0.572. The summed E-state index contributed by atoms with van der Waals surface area (Å²) in [5.41, 5.74) is 1.21. The minimum atomic E-state index is -0.898. The van der Waals surface area contributed by atoms with Crippen LogP contribution in [0.5, 0.6) is 0 Å². The SMILES string of the molecule is CSCC(C)(O)CNC(=O)c1c(C(C)C)n[nH]c1C. The molecule has 1 aromatic rings. The number of hydrogen-bond donors (Lipinski definition) is 3. The third-order valence-electron chi connectivity index (χ3n) is 2.83. The van der Waals surface area contributed by atoms with E-state index in [1.807, 2.05) is 27.0 Å². The Hall–Kier alpha value is -1.01. The number of rotatable bonds is 6. The monoisotopic (exact) mass is 285 g/mol. The molecule has 0 saturated heterocycles. The molecule has 0 fully saturated rings. The predicted molar refractivity (Wildman–Crippen MR) is 78.8 cm³/mol. The molecule has 1 heterocycles. The van der Waals surface area contributed by atoms with Gasteiger partial charge in [0.25, 0.3) is 5.91 Å². The van der Waals surface area contributed by atoms with Gasteiger partial charge in [-0.3, -0.25) is 9.89 Å². The van der Waals surface area contributed by atoms with Crippen LogP contribution < -0.4 is 5.32 Å². The Morgan fingerprint density at radius 3 is 2.74 bits per heavy atom. The normalized spacial score (nSPS) is 14.5. The summed E-state index contributed by atoms with van der Waals surface area (Å²) >= 11 is 1.55. The lowest BCUT2D eigenvalue weighted by molar-refractivity contribution is 0.0724. The highest BCUT2D eigenvalue weighted by molar-refractivity contribution is 7.98. The van der Waals surface area contributed by atoms with Gasteiger partial charge in [0.05, 0.1) is 16.9 Å². The number of thioether (sulfide) groups is 1. The minimum absolute atomic E-state index is 0.178. The van der Waals surface area contributed by atoms with Gasteiger partial charge in [-0.1, -0.05) is 13.8 Å². The Morgan fingerprint density at radius 2 is 2.21 bits per heavy atom. The number of aliphatic hydroxyl groups is 1. The zero-order valence-electron chi connectivity index (χ0n) is 12.2. The highest BCUT2D eigenvalue weighted by Gasteiger charge is 2.24. The van der Waals surface area contributed by atoms with E-state index in [0.717, 1.165) is 11.4 Å². The van der Waals surface area contributed by atoms with Crippen LogP contribution in [0.25, 0.3) is 0 Å². The van der Waals surface area contributed by atoms with Crippen molar-refractivity contribution in [3.8, 4) is 0 Å². The van der Waals surface area contributed by atoms with E-state index in [4.69, 9.17) is 0 Å². The molecule has 0 bridgehead atoms. The second-order valence-corrected chi connectivity index (χ2v) is 6.24. The van der Waals surface area contributed by atoms with E-state index in [9.17, 15) is 9.90 Å². The number of aromatic nitrogens is 2. The van der Waals surface area contributed by atoms with Gasteiger partial charge < -0.3 is 10.4 Å². The number of hydrogen-bond acceptors (Lipinski definition) is 4. The van der Waals surface area contributed by atoms with Crippen molar-refractivity contribution >= 4 is 17.7 Å². The van der Waals surface area contributed by atoms with Gasteiger partial charge in [-0.05, 0) is 26.0 Å². The summed E-state index contributed by atoms with van der Waals surface area (Å²) in [4.78, 5) is 12.2. The number of aromatic amines is 1. The van der Waals surface area contributed by atoms with Gasteiger partial charge in [-0.25, -0.2) is 0 Å². The Balaban J connectivity index is 2.76. The van der Waals surface area contributed by atoms with Gasteiger partial charge in [0.2, 0.25) is 0 Å². The van der Waals surface area contributed by atoms with Gasteiger partial charge in [0.1, 0.15) is 0 Å². The van der Waals surface area contributed by atoms with Crippen LogP contribution in [0.1, 0.15) is 48.4 Å². The fourth-order valence-electron chi connectivity index (χ4n) is 1.87. The topological polar surface area (TPSA) is 78.0 Å². The van der Waals surface area contributed by atoms with Gasteiger partial charge in [0.15, 0.2) is 0 Å². The summed E-state index contributed by atoms with van der Waals surface area (Å²) in [7, 11) is 0. The van der Waals surface area contributed by atoms with E-state index in [1.54, 1.807) is 18.7 Å². The van der Waals surface area contributed by atoms with Crippen molar-refractivity contribution in [2.75, 3.05) is 18.6 Å². The zero-order chi connectivity index (χ0) is 14.6. The zero-order valence-corrected chi connectivity index (χ0v) is 13.0. The van der Waals surface area contributed by atoms with Crippen molar-refractivity contribution in [3.05, 3.63) is 17.0 Å². The molecule has 0 aliphatic rings. The number of amides is 1. The second-order valence-electron chi connectivity index (χ2n) is 5.38. The van der Waals surface area contributed by atoms with E-state index in [1.165, 1.54) is 0 Å². The number of aryl methyl sites for hydroxylation is 1. The van der Waals surface area contributed by atoms with E-state index in [2.05, 4.69) is 15.5 Å². The van der Waals surface area contributed by atoms with Gasteiger partial charge in [-0.15, -0.1) is 0 Å². The van der Waals surface area contributed by atoms with Crippen molar-refractivity contribution in [2.24, 2.45) is 0 Å². The van der Waals surface area contributed by atoms with Crippen LogP contribution in [-0.4, -0.2) is 45.4 Å². The van der Waals surface area contributed by atoms with Crippen LogP contribution >= 0.6 is 11.8 Å². The Bertz CT molecular complexity index is 441. The Kier molecular flexibility index (Phi) is 5.43. The molecule has 6 heteroatoms. The van der Waals surface area contributed by atoms with Crippen molar-refractivity contribution in [1.82, 2.24) is 15.5 Å². The molecule has 0 spiro atoms. The van der Waals surface area contributed by atoms with Crippen molar-refractivity contribution in [1.29, 1.82) is 0 Å². The number of H-pyrrole nitrogens is 1. The maximum absolute atomic E-state index is 12.2. The number of carbonyl (C=O) groups excluding carboxylic acids is 1. The van der Waals surface area contributed by atoms with Crippen molar-refractivity contribution in [2.45, 2.75) is 39.2 Å². The lowest BCUT2D eigenvalue weighted by Gasteiger charge is -2.22. The Morgan fingerprint density at radius 1 is 1.58 bits per heavy atom. The predicted octanol–water partition coefficient (Wildman–Crippen LogP) is 1.69. The number of carbonyl (C=O) groups is 1. The summed E-state index contributed by atoms with van der Waals surface area (Å²) in [6, 6.07) is 0. The van der Waals surface area contributed by atoms with E-state index >= 15 is 0 Å². The van der Waals surface area contributed by atoms with Crippen LogP contribution in [0, 0.1) is 6.92 Å². The quantitative estimate of drug-likeness (QED) is 0.743. The number of nitrogens with one attached hydrogen (secondary N) is 2. The molecule has 19 heavy (non-hydrogen) atoms. The maximum Gasteiger partial charge on any atom is 0.255 e. The molecule has 0 aromatic carbocycles. The lowest BCUT2D eigenvalue weighted by atomic mass is 10.0. The summed E-state index contributed by atoms with van der Waals surface area (Å²) in [6.45, 7) is 7.77. The highest BCUT2D eigenvalue weighted by atomic mass is 32.2. The number of nitrogens with zero attached hydrogens (tertiary/aromatic N) is 1. The molecule has 1 rings (SSSR count). The summed E-state index contributed by atoms with van der Waals surface area (Å²) < 4.78 is 0. The molecular formula is C13H23N3O2S. The fraction of sp³-hybridized carbons (Fsp3) is 0.692. The van der Waals surface area contributed by atoms with Crippen LogP contribution in [-0.2, 0) is 0 Å². The molecule has 1 aromatic heterocycles. The van der Waals surface area contributed by atoms with Gasteiger partial charge in [0, 0.05) is 18.0 Å². The van der Waals surface area contributed by atoms with Crippen molar-refractivity contribution < 1.29 is 9.90 Å². The first-order valence-corrected chi connectivity index (χ1v) is 7.72. The van der Waals surface area contributed by atoms with Crippen LogP contribution in [0.15, 0.2) is 0 Å². The van der Waals surface area contributed by atoms with Crippen LogP contribution in [0.2, 0.25) is 0 Å². The molecule has 0 aliphatic heterocycles. The first-order chi connectivity index (χ1) is 8.78. The highest BCUT2D eigenvalue weighted by Crippen LogP contribution is 2.19. The molecule has 1 amide bonds. The molecule has 1 unspecified atom stereocenters. The average Bonchev–Trinajstić information content (AvgIpc) is 2.68. The molecule has 0 saturated carbocycles. The standard InChI is InChI=1S/C13H23N3O2S/c1-8(2)11-10(9(3)15-16-11)12(17)14-6-13(4,18)7-19-5/h8,18H,6-7H2,1-5H3,(H,14,17)(H,15,16). The first-order valence-electron chi connectivity index (χ1n) is 6.33. The van der Waals surface area contributed by atoms with Gasteiger partial charge >= 0.3 is 0 Å². The molecule has 0 aliphatic carbocycles. The Labute approximate surface area is 118 Å². The van der Waals surface area contributed by atoms with E-state index < -0.39 is 5.60 Å². The lowest BCUT2D eigenvalue weighted by Crippen LogP contribution is -2.42. The molecule has 1 atom stereocenters. The third kappa shape index (κ3) is 4.24. The molecule has 3 N–H and O–H groups in total. The largest absolute Gasteiger partial charge is 0.387 e. The fourth-order valence-corrected chi connectivity index (χ4v) is 2.60. The van der Waals surface area contributed by atoms with E-state index in [0.29, 0.717) is 11.3 Å². The maximum atomic E-state index is 12.2. The smallest absolute Gasteiger partial charge is 0.255 e. The summed E-state index contributed by atoms with van der Waals surface area (Å²) in [6.07, 6.45) is 1.92. The molecule has 5 nitrogen and oxygen atoms in total. The third-order valence-corrected chi connectivity index (χ3v) is 3.74. The second kappa shape index (κ2) is 6.43. The first kappa shape index (κ1) is 16.0. The average molecular weight is 285 g/mol. The molecule has 0 radical (unpaired) electrons. The minimum Gasteiger partial charge on any atom is -0.387 e. The van der Waals surface area contributed by atoms with Crippen LogP contribution in [0.4, 0.5) is 0 Å². The molecule has 108 valence electrons.